The summed E-state index contributed by atoms with van der Waals surface area (Å²) in [6.45, 7) is 15.7. The first kappa shape index (κ1) is 18.2. The molecular weight excluding hydrogens is 326 g/mol. The van der Waals surface area contributed by atoms with Crippen molar-refractivity contribution in [3.63, 3.8) is 0 Å². The molecule has 3 rings (SSSR count). The van der Waals surface area contributed by atoms with E-state index < -0.39 is 0 Å². The van der Waals surface area contributed by atoms with E-state index in [1.807, 2.05) is 17.7 Å². The van der Waals surface area contributed by atoms with Crippen molar-refractivity contribution in [2.75, 3.05) is 0 Å². The normalized spacial score (nSPS) is 12.5. The predicted molar refractivity (Wildman–Crippen MR) is 118 cm³/mol. The molecule has 3 aromatic rings. The maximum Gasteiger partial charge on any atom is 0.220 e. The molecule has 1 heteroatoms. The molecule has 0 bridgehead atoms. The predicted octanol–water partition coefficient (Wildman–Crippen LogP) is 7.01. The second-order valence-electron chi connectivity index (χ2n) is 8.77. The van der Waals surface area contributed by atoms with E-state index in [1.54, 1.807) is 0 Å². The van der Waals surface area contributed by atoms with E-state index in [0.717, 1.165) is 11.1 Å². The first-order valence-corrected chi connectivity index (χ1v) is 10.2. The van der Waals surface area contributed by atoms with E-state index in [9.17, 15) is 0 Å². The number of fused-ring (bicyclic) bond motifs is 1. The van der Waals surface area contributed by atoms with Crippen molar-refractivity contribution in [1.82, 2.24) is 0 Å². The van der Waals surface area contributed by atoms with Gasteiger partial charge in [-0.2, -0.15) is 0 Å². The summed E-state index contributed by atoms with van der Waals surface area (Å²) < 4.78 is 10.6. The minimum Gasteiger partial charge on any atom is -0.200 e. The number of rotatable bonds is 4. The molecule has 0 aliphatic carbocycles. The molecule has 0 fully saturated rings. The maximum atomic E-state index is 8.58. The largest absolute Gasteiger partial charge is 0.220 e. The summed E-state index contributed by atoms with van der Waals surface area (Å²) in [4.78, 5) is 0. The molecule has 0 amide bonds. The second kappa shape index (κ2) is 7.46. The van der Waals surface area contributed by atoms with Crippen LogP contribution in [0.2, 0.25) is 0 Å². The average Bonchev–Trinajstić information content (AvgIpc) is 2.62. The van der Waals surface area contributed by atoms with E-state index in [2.05, 4.69) is 78.8 Å². The number of pyridine rings is 1. The lowest BCUT2D eigenvalue weighted by molar-refractivity contribution is -0.659. The van der Waals surface area contributed by atoms with Gasteiger partial charge in [0.2, 0.25) is 5.69 Å². The Morgan fingerprint density at radius 3 is 2.07 bits per heavy atom. The van der Waals surface area contributed by atoms with Crippen LogP contribution >= 0.6 is 0 Å². The van der Waals surface area contributed by atoms with E-state index in [1.165, 1.54) is 33.2 Å². The third-order valence-corrected chi connectivity index (χ3v) is 5.76. The van der Waals surface area contributed by atoms with E-state index in [-0.39, 0.29) is 0 Å². The zero-order chi connectivity index (χ0) is 20.7. The molecule has 0 atom stereocenters. The third-order valence-electron chi connectivity index (χ3n) is 5.76. The lowest BCUT2D eigenvalue weighted by atomic mass is 9.86. The van der Waals surface area contributed by atoms with Crippen LogP contribution < -0.4 is 4.57 Å². The summed E-state index contributed by atoms with van der Waals surface area (Å²) in [5.74, 6) is 1.43. The van der Waals surface area contributed by atoms with Crippen LogP contribution in [0.5, 0.6) is 0 Å². The second-order valence-corrected chi connectivity index (χ2v) is 8.77. The van der Waals surface area contributed by atoms with E-state index in [4.69, 9.17) is 1.37 Å². The van der Waals surface area contributed by atoms with Crippen LogP contribution in [0.3, 0.4) is 0 Å². The molecule has 0 N–H and O–H groups in total. The molecule has 0 saturated carbocycles. The minimum absolute atomic E-state index is 0.472. The number of hydrogen-bond acceptors (Lipinski definition) is 0. The molecule has 0 aliphatic heterocycles. The van der Waals surface area contributed by atoms with Gasteiger partial charge in [0, 0.05) is 6.07 Å². The molecular formula is C26H34N+. The molecule has 0 spiro atoms. The lowest BCUT2D eigenvalue weighted by Crippen LogP contribution is -2.31. The Labute approximate surface area is 166 Å². The fourth-order valence-corrected chi connectivity index (χ4v) is 3.95. The standard InChI is InChI=1S/C26H34N/c1-16(2)20-9-10-23-21(13-20)11-12-27(8)26(23)25-15-22(17(3)4)14-24(18(5)6)19(25)7/h9-18H,1-8H3/q+1/i12D. The van der Waals surface area contributed by atoms with Gasteiger partial charge in [0.15, 0.2) is 6.17 Å². The molecule has 0 saturated heterocycles. The SMILES string of the molecule is [2H]c1cc2cc(C(C)C)ccc2c(-c2cc(C(C)C)cc(C(C)C)c2C)[n+]1C. The summed E-state index contributed by atoms with van der Waals surface area (Å²) in [6.07, 6.45) is 0.545. The van der Waals surface area contributed by atoms with Crippen LogP contribution in [-0.2, 0) is 7.05 Å². The number of nitrogens with zero attached hydrogens (tertiary/aromatic N) is 1. The Balaban J connectivity index is 2.42. The number of benzene rings is 2. The number of hydrogen-bond donors (Lipinski definition) is 0. The van der Waals surface area contributed by atoms with Gasteiger partial charge in [0.1, 0.15) is 8.42 Å². The van der Waals surface area contributed by atoms with Crippen molar-refractivity contribution in [2.45, 2.75) is 66.2 Å². The molecule has 1 heterocycles. The Hall–Kier alpha value is -2.15. The highest BCUT2D eigenvalue weighted by molar-refractivity contribution is 5.94. The average molecular weight is 362 g/mol. The summed E-state index contributed by atoms with van der Waals surface area (Å²) in [5.41, 5.74) is 7.83. The van der Waals surface area contributed by atoms with Crippen LogP contribution in [0.15, 0.2) is 42.6 Å². The van der Waals surface area contributed by atoms with Crippen molar-refractivity contribution in [3.8, 4) is 11.3 Å². The molecule has 0 aliphatic rings. The zero-order valence-corrected chi connectivity index (χ0v) is 18.1. The van der Waals surface area contributed by atoms with Gasteiger partial charge in [-0.3, -0.25) is 0 Å². The van der Waals surface area contributed by atoms with Crippen molar-refractivity contribution in [1.29, 1.82) is 0 Å². The summed E-state index contributed by atoms with van der Waals surface area (Å²) in [6, 6.07) is 13.5. The van der Waals surface area contributed by atoms with Crippen molar-refractivity contribution >= 4 is 10.8 Å². The van der Waals surface area contributed by atoms with Crippen LogP contribution in [0, 0.1) is 6.92 Å². The van der Waals surface area contributed by atoms with Gasteiger partial charge in [0.25, 0.3) is 0 Å². The lowest BCUT2D eigenvalue weighted by Gasteiger charge is -2.18. The summed E-state index contributed by atoms with van der Waals surface area (Å²) in [5, 5.41) is 2.38. The Morgan fingerprint density at radius 1 is 0.815 bits per heavy atom. The van der Waals surface area contributed by atoms with Crippen molar-refractivity contribution in [3.05, 3.63) is 64.8 Å². The quantitative estimate of drug-likeness (QED) is 0.440. The minimum atomic E-state index is 0.472. The molecule has 2 aromatic carbocycles. The molecule has 0 unspecified atom stereocenters. The summed E-state index contributed by atoms with van der Waals surface area (Å²) in [7, 11) is 2.02. The van der Waals surface area contributed by atoms with Crippen molar-refractivity contribution in [2.24, 2.45) is 7.05 Å². The Bertz CT molecular complexity index is 1030. The van der Waals surface area contributed by atoms with Crippen LogP contribution in [0.1, 0.15) is 82.9 Å². The zero-order valence-electron chi connectivity index (χ0n) is 19.1. The van der Waals surface area contributed by atoms with Crippen LogP contribution in [0.4, 0.5) is 0 Å². The van der Waals surface area contributed by atoms with Crippen LogP contribution in [0.25, 0.3) is 22.0 Å². The fraction of sp³-hybridized carbons (Fsp3) is 0.423. The van der Waals surface area contributed by atoms with Gasteiger partial charge in [-0.15, -0.1) is 0 Å². The highest BCUT2D eigenvalue weighted by Gasteiger charge is 2.21. The Morgan fingerprint density at radius 2 is 1.48 bits per heavy atom. The van der Waals surface area contributed by atoms with E-state index in [0.29, 0.717) is 23.9 Å². The maximum absolute atomic E-state index is 8.58. The molecule has 1 nitrogen and oxygen atoms in total. The monoisotopic (exact) mass is 361 g/mol. The molecule has 1 aromatic heterocycles. The van der Waals surface area contributed by atoms with Gasteiger partial charge >= 0.3 is 0 Å². The topological polar surface area (TPSA) is 3.88 Å². The van der Waals surface area contributed by atoms with Crippen LogP contribution in [-0.4, -0.2) is 0 Å². The van der Waals surface area contributed by atoms with Gasteiger partial charge in [0.05, 0.1) is 10.9 Å². The first-order chi connectivity index (χ1) is 13.1. The first-order valence-electron chi connectivity index (χ1n) is 10.7. The van der Waals surface area contributed by atoms with E-state index >= 15 is 0 Å². The molecule has 142 valence electrons. The van der Waals surface area contributed by atoms with Gasteiger partial charge in [-0.1, -0.05) is 59.7 Å². The summed E-state index contributed by atoms with van der Waals surface area (Å²) >= 11 is 0. The van der Waals surface area contributed by atoms with Gasteiger partial charge in [-0.25, -0.2) is 4.57 Å². The number of aromatic nitrogens is 1. The molecule has 27 heavy (non-hydrogen) atoms. The Kier molecular flexibility index (Phi) is 5.04. The van der Waals surface area contributed by atoms with Gasteiger partial charge in [-0.05, 0) is 64.5 Å². The third kappa shape index (κ3) is 3.65. The highest BCUT2D eigenvalue weighted by Crippen LogP contribution is 2.35. The molecule has 0 radical (unpaired) electrons. The highest BCUT2D eigenvalue weighted by atomic mass is 14.9. The fourth-order valence-electron chi connectivity index (χ4n) is 3.95. The smallest absolute Gasteiger partial charge is 0.200 e. The van der Waals surface area contributed by atoms with Gasteiger partial charge < -0.3 is 0 Å². The van der Waals surface area contributed by atoms with Crippen molar-refractivity contribution < 1.29 is 5.94 Å².